The molecule has 0 unspecified atom stereocenters. The van der Waals surface area contributed by atoms with E-state index in [0.717, 1.165) is 11.1 Å². The van der Waals surface area contributed by atoms with Crippen LogP contribution in [-0.4, -0.2) is 47.8 Å². The minimum atomic E-state index is 0.0400. The summed E-state index contributed by atoms with van der Waals surface area (Å²) in [6.07, 6.45) is 0.523. The predicted molar refractivity (Wildman–Crippen MR) is 94.7 cm³/mol. The van der Waals surface area contributed by atoms with Gasteiger partial charge in [-0.1, -0.05) is 49.4 Å². The molecule has 0 saturated carbocycles. The molecule has 4 nitrogen and oxygen atoms in total. The number of benzene rings is 2. The second kappa shape index (κ2) is 7.30. The van der Waals surface area contributed by atoms with Crippen molar-refractivity contribution < 1.29 is 9.59 Å². The minimum absolute atomic E-state index is 0.0400. The predicted octanol–water partition coefficient (Wildman–Crippen LogP) is 3.05. The van der Waals surface area contributed by atoms with Crippen molar-refractivity contribution in [2.24, 2.45) is 0 Å². The number of carbonyl (C=O) groups is 2. The van der Waals surface area contributed by atoms with Gasteiger partial charge in [-0.15, -0.1) is 0 Å². The van der Waals surface area contributed by atoms with Gasteiger partial charge in [0.05, 0.1) is 0 Å². The lowest BCUT2D eigenvalue weighted by Crippen LogP contribution is -2.50. The third-order valence-corrected chi connectivity index (χ3v) is 4.46. The zero-order valence-electron chi connectivity index (χ0n) is 13.9. The first-order valence-electron chi connectivity index (χ1n) is 8.41. The highest BCUT2D eigenvalue weighted by Crippen LogP contribution is 2.20. The molecule has 0 N–H and O–H groups in total. The molecule has 0 bridgehead atoms. The number of nitrogens with zero attached hydrogens (tertiary/aromatic N) is 2. The largest absolute Gasteiger partial charge is 0.339 e. The van der Waals surface area contributed by atoms with E-state index in [0.29, 0.717) is 38.2 Å². The van der Waals surface area contributed by atoms with Gasteiger partial charge in [-0.2, -0.15) is 0 Å². The zero-order chi connectivity index (χ0) is 16.9. The molecule has 1 heterocycles. The SMILES string of the molecule is CCC(=O)N1CCN(C(=O)c2ccc(-c3ccccc3)cc2)CC1. The van der Waals surface area contributed by atoms with Crippen LogP contribution in [0.15, 0.2) is 54.6 Å². The molecule has 2 aromatic carbocycles. The van der Waals surface area contributed by atoms with Gasteiger partial charge in [-0.25, -0.2) is 0 Å². The fourth-order valence-corrected chi connectivity index (χ4v) is 3.00. The average molecular weight is 322 g/mol. The van der Waals surface area contributed by atoms with E-state index < -0.39 is 0 Å². The molecule has 4 heteroatoms. The Kier molecular flexibility index (Phi) is 4.94. The molecule has 3 rings (SSSR count). The van der Waals surface area contributed by atoms with E-state index in [1.54, 1.807) is 0 Å². The van der Waals surface area contributed by atoms with Gasteiger partial charge < -0.3 is 9.80 Å². The molecule has 1 aliphatic rings. The first-order chi connectivity index (χ1) is 11.7. The first kappa shape index (κ1) is 16.2. The summed E-state index contributed by atoms with van der Waals surface area (Å²) in [6, 6.07) is 17.9. The maximum absolute atomic E-state index is 12.6. The van der Waals surface area contributed by atoms with E-state index in [1.807, 2.05) is 59.2 Å². The summed E-state index contributed by atoms with van der Waals surface area (Å²) in [6.45, 7) is 4.32. The number of piperazine rings is 1. The molecular formula is C20H22N2O2. The maximum Gasteiger partial charge on any atom is 0.253 e. The molecule has 2 aromatic rings. The number of carbonyl (C=O) groups excluding carboxylic acids is 2. The van der Waals surface area contributed by atoms with Crippen molar-refractivity contribution >= 4 is 11.8 Å². The van der Waals surface area contributed by atoms with E-state index in [2.05, 4.69) is 12.1 Å². The highest BCUT2D eigenvalue weighted by atomic mass is 16.2. The van der Waals surface area contributed by atoms with E-state index in [1.165, 1.54) is 0 Å². The van der Waals surface area contributed by atoms with E-state index in [-0.39, 0.29) is 11.8 Å². The lowest BCUT2D eigenvalue weighted by molar-refractivity contribution is -0.132. The summed E-state index contributed by atoms with van der Waals surface area (Å²) in [5, 5.41) is 0. The number of amides is 2. The van der Waals surface area contributed by atoms with Crippen LogP contribution in [0.3, 0.4) is 0 Å². The van der Waals surface area contributed by atoms with Crippen molar-refractivity contribution in [1.82, 2.24) is 9.80 Å². The van der Waals surface area contributed by atoms with Crippen LogP contribution >= 0.6 is 0 Å². The van der Waals surface area contributed by atoms with Crippen LogP contribution in [-0.2, 0) is 4.79 Å². The van der Waals surface area contributed by atoms with Gasteiger partial charge in [-0.3, -0.25) is 9.59 Å². The third kappa shape index (κ3) is 3.48. The second-order valence-corrected chi connectivity index (χ2v) is 5.97. The normalized spacial score (nSPS) is 14.5. The number of hydrogen-bond donors (Lipinski definition) is 0. The van der Waals surface area contributed by atoms with Gasteiger partial charge in [-0.05, 0) is 23.3 Å². The summed E-state index contributed by atoms with van der Waals surface area (Å²) >= 11 is 0. The third-order valence-electron chi connectivity index (χ3n) is 4.46. The van der Waals surface area contributed by atoms with Gasteiger partial charge in [0.15, 0.2) is 0 Å². The molecule has 0 aliphatic carbocycles. The van der Waals surface area contributed by atoms with Crippen molar-refractivity contribution in [2.45, 2.75) is 13.3 Å². The van der Waals surface area contributed by atoms with Gasteiger partial charge >= 0.3 is 0 Å². The van der Waals surface area contributed by atoms with E-state index in [9.17, 15) is 9.59 Å². The monoisotopic (exact) mass is 322 g/mol. The second-order valence-electron chi connectivity index (χ2n) is 5.97. The highest BCUT2D eigenvalue weighted by molar-refractivity contribution is 5.95. The molecular weight excluding hydrogens is 300 g/mol. The topological polar surface area (TPSA) is 40.6 Å². The quantitative estimate of drug-likeness (QED) is 0.871. The molecule has 2 amide bonds. The summed E-state index contributed by atoms with van der Waals surface area (Å²) in [4.78, 5) is 28.0. The Labute approximate surface area is 142 Å². The fourth-order valence-electron chi connectivity index (χ4n) is 3.00. The maximum atomic E-state index is 12.6. The standard InChI is InChI=1S/C20H22N2O2/c1-2-19(23)21-12-14-22(15-13-21)20(24)18-10-8-17(9-11-18)16-6-4-3-5-7-16/h3-11H,2,12-15H2,1H3. The minimum Gasteiger partial charge on any atom is -0.339 e. The van der Waals surface area contributed by atoms with Crippen LogP contribution in [0.4, 0.5) is 0 Å². The van der Waals surface area contributed by atoms with E-state index in [4.69, 9.17) is 0 Å². The Hall–Kier alpha value is -2.62. The summed E-state index contributed by atoms with van der Waals surface area (Å²) in [7, 11) is 0. The first-order valence-corrected chi connectivity index (χ1v) is 8.41. The Bertz CT molecular complexity index is 702. The Morgan fingerprint density at radius 3 is 1.92 bits per heavy atom. The fraction of sp³-hybridized carbons (Fsp3) is 0.300. The number of rotatable bonds is 3. The summed E-state index contributed by atoms with van der Waals surface area (Å²) in [5.74, 6) is 0.201. The Morgan fingerprint density at radius 2 is 1.33 bits per heavy atom. The van der Waals surface area contributed by atoms with Gasteiger partial charge in [0.2, 0.25) is 5.91 Å². The lowest BCUT2D eigenvalue weighted by Gasteiger charge is -2.34. The van der Waals surface area contributed by atoms with Crippen LogP contribution in [0.2, 0.25) is 0 Å². The Balaban J connectivity index is 1.65. The van der Waals surface area contributed by atoms with Gasteiger partial charge in [0.1, 0.15) is 0 Å². The molecule has 124 valence electrons. The Morgan fingerprint density at radius 1 is 0.792 bits per heavy atom. The highest BCUT2D eigenvalue weighted by Gasteiger charge is 2.23. The van der Waals surface area contributed by atoms with Crippen molar-refractivity contribution in [2.75, 3.05) is 26.2 Å². The van der Waals surface area contributed by atoms with Crippen molar-refractivity contribution in [3.8, 4) is 11.1 Å². The molecule has 0 atom stereocenters. The van der Waals surface area contributed by atoms with Gasteiger partial charge in [0, 0.05) is 38.2 Å². The molecule has 0 radical (unpaired) electrons. The molecule has 0 spiro atoms. The molecule has 24 heavy (non-hydrogen) atoms. The number of hydrogen-bond acceptors (Lipinski definition) is 2. The van der Waals surface area contributed by atoms with Gasteiger partial charge in [0.25, 0.3) is 5.91 Å². The van der Waals surface area contributed by atoms with Crippen molar-refractivity contribution in [1.29, 1.82) is 0 Å². The van der Waals surface area contributed by atoms with Crippen LogP contribution in [0.5, 0.6) is 0 Å². The molecule has 1 saturated heterocycles. The zero-order valence-corrected chi connectivity index (χ0v) is 13.9. The summed E-state index contributed by atoms with van der Waals surface area (Å²) in [5.41, 5.74) is 2.94. The smallest absolute Gasteiger partial charge is 0.253 e. The van der Waals surface area contributed by atoms with E-state index >= 15 is 0 Å². The van der Waals surface area contributed by atoms with Crippen molar-refractivity contribution in [3.05, 3.63) is 60.2 Å². The molecule has 0 aromatic heterocycles. The van der Waals surface area contributed by atoms with Crippen molar-refractivity contribution in [3.63, 3.8) is 0 Å². The molecule has 1 fully saturated rings. The van der Waals surface area contributed by atoms with Crippen LogP contribution < -0.4 is 0 Å². The average Bonchev–Trinajstić information content (AvgIpc) is 2.68. The lowest BCUT2D eigenvalue weighted by atomic mass is 10.0. The van der Waals surface area contributed by atoms with Crippen LogP contribution in [0, 0.1) is 0 Å². The molecule has 1 aliphatic heterocycles. The van der Waals surface area contributed by atoms with Crippen LogP contribution in [0.1, 0.15) is 23.7 Å². The summed E-state index contributed by atoms with van der Waals surface area (Å²) < 4.78 is 0. The van der Waals surface area contributed by atoms with Crippen LogP contribution in [0.25, 0.3) is 11.1 Å².